The van der Waals surface area contributed by atoms with Crippen molar-refractivity contribution in [1.29, 1.82) is 0 Å². The van der Waals surface area contributed by atoms with E-state index < -0.39 is 0 Å². The van der Waals surface area contributed by atoms with Gasteiger partial charge in [0.05, 0.1) is 6.54 Å². The molecular weight excluding hydrogens is 186 g/mol. The average molecular weight is 192 g/mol. The fourth-order valence-corrected chi connectivity index (χ4v) is 0.967. The molecule has 0 aromatic carbocycles. The van der Waals surface area contributed by atoms with Gasteiger partial charge in [-0.15, -0.1) is 0 Å². The summed E-state index contributed by atoms with van der Waals surface area (Å²) in [6, 6.07) is 0. The number of rotatable bonds is 2. The molecule has 1 heterocycles. The molecule has 0 spiro atoms. The van der Waals surface area contributed by atoms with E-state index in [1.165, 1.54) is 4.57 Å². The zero-order chi connectivity index (χ0) is 8.43. The highest BCUT2D eigenvalue weighted by Gasteiger charge is 1.99. The molecule has 0 unspecified atom stereocenters. The highest BCUT2D eigenvalue weighted by atomic mass is 35.5. The van der Waals surface area contributed by atoms with Crippen LogP contribution >= 0.6 is 23.8 Å². The van der Waals surface area contributed by atoms with Crippen LogP contribution in [0.2, 0.25) is 0 Å². The molecule has 1 rings (SSSR count). The standard InChI is InChI=1S/C5H6ClN3OS/c1-3(6)2-9-4(10)7-8-5(9)11/h1-2H2,(H,7,10)(H,8,11). The predicted molar refractivity (Wildman–Crippen MR) is 45.2 cm³/mol. The van der Waals surface area contributed by atoms with Crippen LogP contribution in [0.4, 0.5) is 0 Å². The van der Waals surface area contributed by atoms with Gasteiger partial charge in [-0.25, -0.2) is 9.89 Å². The molecular formula is C5H6ClN3OS. The van der Waals surface area contributed by atoms with Crippen LogP contribution in [0.25, 0.3) is 0 Å². The SMILES string of the molecule is C=C(Cl)Cn1c(=O)[nH][nH]c1=S. The second-order valence-electron chi connectivity index (χ2n) is 1.96. The average Bonchev–Trinajstić information content (AvgIpc) is 2.18. The molecule has 11 heavy (non-hydrogen) atoms. The first-order valence-electron chi connectivity index (χ1n) is 2.82. The molecule has 60 valence electrons. The molecule has 1 aromatic heterocycles. The molecule has 0 radical (unpaired) electrons. The molecule has 0 bridgehead atoms. The number of nitrogens with one attached hydrogen (secondary N) is 2. The first-order chi connectivity index (χ1) is 5.11. The molecule has 2 N–H and O–H groups in total. The van der Waals surface area contributed by atoms with Gasteiger partial charge in [-0.2, -0.15) is 0 Å². The van der Waals surface area contributed by atoms with Crippen LogP contribution in [0.1, 0.15) is 0 Å². The van der Waals surface area contributed by atoms with Gasteiger partial charge in [0.15, 0.2) is 4.77 Å². The number of nitrogens with zero attached hydrogens (tertiary/aromatic N) is 1. The fourth-order valence-electron chi connectivity index (χ4n) is 0.649. The van der Waals surface area contributed by atoms with Crippen molar-refractivity contribution in [3.63, 3.8) is 0 Å². The Bertz CT molecular complexity index is 346. The quantitative estimate of drug-likeness (QED) is 0.685. The number of allylic oxidation sites excluding steroid dienone is 1. The zero-order valence-electron chi connectivity index (χ0n) is 5.56. The molecule has 0 atom stereocenters. The van der Waals surface area contributed by atoms with Crippen molar-refractivity contribution < 1.29 is 0 Å². The summed E-state index contributed by atoms with van der Waals surface area (Å²) in [5.41, 5.74) is -0.309. The van der Waals surface area contributed by atoms with E-state index in [0.717, 1.165) is 0 Å². The van der Waals surface area contributed by atoms with Gasteiger partial charge in [0.25, 0.3) is 0 Å². The second kappa shape index (κ2) is 3.06. The topological polar surface area (TPSA) is 53.6 Å². The number of aromatic amines is 2. The lowest BCUT2D eigenvalue weighted by Gasteiger charge is -1.94. The lowest BCUT2D eigenvalue weighted by Crippen LogP contribution is -2.16. The third kappa shape index (κ3) is 1.81. The van der Waals surface area contributed by atoms with Crippen molar-refractivity contribution in [2.45, 2.75) is 6.54 Å². The maximum atomic E-state index is 10.9. The van der Waals surface area contributed by atoms with Gasteiger partial charge in [-0.05, 0) is 12.2 Å². The molecule has 0 aliphatic heterocycles. The normalized spacial score (nSPS) is 9.91. The van der Waals surface area contributed by atoms with E-state index in [4.69, 9.17) is 23.8 Å². The van der Waals surface area contributed by atoms with E-state index in [1.807, 2.05) is 0 Å². The summed E-state index contributed by atoms with van der Waals surface area (Å²) >= 11 is 10.3. The van der Waals surface area contributed by atoms with Crippen LogP contribution in [0.15, 0.2) is 16.4 Å². The molecule has 0 saturated heterocycles. The number of aromatic nitrogens is 3. The Kier molecular flexibility index (Phi) is 2.31. The third-order valence-electron chi connectivity index (χ3n) is 1.10. The van der Waals surface area contributed by atoms with Crippen molar-refractivity contribution in [3.05, 3.63) is 26.9 Å². The monoisotopic (exact) mass is 191 g/mol. The van der Waals surface area contributed by atoms with Gasteiger partial charge in [-0.1, -0.05) is 18.2 Å². The summed E-state index contributed by atoms with van der Waals surface area (Å²) in [6.07, 6.45) is 0. The second-order valence-corrected chi connectivity index (χ2v) is 2.88. The molecule has 0 aliphatic rings. The van der Waals surface area contributed by atoms with E-state index in [2.05, 4.69) is 16.8 Å². The third-order valence-corrected chi connectivity index (χ3v) is 1.54. The lowest BCUT2D eigenvalue weighted by atomic mass is 10.6. The Labute approximate surface area is 72.5 Å². The first-order valence-corrected chi connectivity index (χ1v) is 3.60. The maximum Gasteiger partial charge on any atom is 0.342 e. The number of halogens is 1. The van der Waals surface area contributed by atoms with Gasteiger partial charge >= 0.3 is 5.69 Å². The molecule has 4 nitrogen and oxygen atoms in total. The van der Waals surface area contributed by atoms with Gasteiger partial charge in [-0.3, -0.25) is 9.67 Å². The van der Waals surface area contributed by atoms with E-state index in [0.29, 0.717) is 9.80 Å². The minimum absolute atomic E-state index is 0.235. The minimum Gasteiger partial charge on any atom is -0.272 e. The smallest absolute Gasteiger partial charge is 0.272 e. The first kappa shape index (κ1) is 8.29. The van der Waals surface area contributed by atoms with Crippen molar-refractivity contribution in [1.82, 2.24) is 14.8 Å². The van der Waals surface area contributed by atoms with Crippen molar-refractivity contribution in [3.8, 4) is 0 Å². The summed E-state index contributed by atoms with van der Waals surface area (Å²) in [4.78, 5) is 10.9. The molecule has 6 heteroatoms. The van der Waals surface area contributed by atoms with E-state index >= 15 is 0 Å². The van der Waals surface area contributed by atoms with Gasteiger partial charge in [0, 0.05) is 5.03 Å². The predicted octanol–water partition coefficient (Wildman–Crippen LogP) is 0.986. The zero-order valence-corrected chi connectivity index (χ0v) is 7.13. The number of hydrogen-bond donors (Lipinski definition) is 2. The minimum atomic E-state index is -0.309. The number of H-pyrrole nitrogens is 2. The Morgan fingerprint density at radius 2 is 2.36 bits per heavy atom. The largest absolute Gasteiger partial charge is 0.342 e. The Morgan fingerprint density at radius 1 is 1.73 bits per heavy atom. The van der Waals surface area contributed by atoms with Crippen LogP contribution in [-0.2, 0) is 6.54 Å². The molecule has 0 saturated carbocycles. The van der Waals surface area contributed by atoms with Crippen LogP contribution in [0.5, 0.6) is 0 Å². The van der Waals surface area contributed by atoms with Crippen molar-refractivity contribution >= 4 is 23.8 Å². The Hall–Kier alpha value is -0.810. The van der Waals surface area contributed by atoms with Gasteiger partial charge in [0.2, 0.25) is 0 Å². The highest BCUT2D eigenvalue weighted by Crippen LogP contribution is 1.98. The summed E-state index contributed by atoms with van der Waals surface area (Å²) < 4.78 is 1.60. The molecule has 0 aliphatic carbocycles. The van der Waals surface area contributed by atoms with Crippen LogP contribution in [0.3, 0.4) is 0 Å². The number of hydrogen-bond acceptors (Lipinski definition) is 2. The van der Waals surface area contributed by atoms with Crippen molar-refractivity contribution in [2.24, 2.45) is 0 Å². The molecule has 1 aromatic rings. The van der Waals surface area contributed by atoms with Crippen molar-refractivity contribution in [2.75, 3.05) is 0 Å². The maximum absolute atomic E-state index is 10.9. The molecule has 0 fully saturated rings. The summed E-state index contributed by atoms with van der Waals surface area (Å²) in [6.45, 7) is 3.68. The Balaban J connectivity index is 3.12. The fraction of sp³-hybridized carbons (Fsp3) is 0.200. The summed E-state index contributed by atoms with van der Waals surface area (Å²) in [5.74, 6) is 0. The lowest BCUT2D eigenvalue weighted by molar-refractivity contribution is 0.763. The highest BCUT2D eigenvalue weighted by molar-refractivity contribution is 7.71. The summed E-state index contributed by atoms with van der Waals surface area (Å²) in [7, 11) is 0. The summed E-state index contributed by atoms with van der Waals surface area (Å²) in [5, 5.41) is 5.17. The Morgan fingerprint density at radius 3 is 2.73 bits per heavy atom. The van der Waals surface area contributed by atoms with Crippen LogP contribution < -0.4 is 5.69 Å². The van der Waals surface area contributed by atoms with E-state index in [-0.39, 0.29) is 12.2 Å². The van der Waals surface area contributed by atoms with Crippen LogP contribution in [0, 0.1) is 4.77 Å². The van der Waals surface area contributed by atoms with Gasteiger partial charge in [0.1, 0.15) is 0 Å². The van der Waals surface area contributed by atoms with E-state index in [1.54, 1.807) is 0 Å². The van der Waals surface area contributed by atoms with E-state index in [9.17, 15) is 4.79 Å². The molecule has 0 amide bonds. The van der Waals surface area contributed by atoms with Gasteiger partial charge < -0.3 is 0 Å². The van der Waals surface area contributed by atoms with Crippen LogP contribution in [-0.4, -0.2) is 14.8 Å².